The summed E-state index contributed by atoms with van der Waals surface area (Å²) in [5, 5.41) is 15.4. The summed E-state index contributed by atoms with van der Waals surface area (Å²) in [6.07, 6.45) is -2.61. The van der Waals surface area contributed by atoms with Crippen molar-refractivity contribution in [2.45, 2.75) is 44.9 Å². The minimum absolute atomic E-state index is 0.0306. The predicted molar refractivity (Wildman–Crippen MR) is 140 cm³/mol. The molecule has 0 aliphatic carbocycles. The van der Waals surface area contributed by atoms with Crippen LogP contribution >= 0.6 is 0 Å². The number of alkyl halides is 3. The predicted octanol–water partition coefficient (Wildman–Crippen LogP) is 6.39. The SMILES string of the molecule is CCCOC[C@H](Cc1ccc(-c2ccc(C(F)(F)F)cc2)cc1)Nc1ccc(CNCCC(=O)O)cc1. The fourth-order valence-electron chi connectivity index (χ4n) is 3.87. The van der Waals surface area contributed by atoms with E-state index in [2.05, 4.69) is 17.6 Å². The molecule has 0 aliphatic rings. The monoisotopic (exact) mass is 514 g/mol. The van der Waals surface area contributed by atoms with Crippen LogP contribution in [-0.4, -0.2) is 36.9 Å². The molecule has 0 radical (unpaired) electrons. The van der Waals surface area contributed by atoms with E-state index in [1.165, 1.54) is 12.1 Å². The fraction of sp³-hybridized carbons (Fsp3) is 0.345. The second-order valence-corrected chi connectivity index (χ2v) is 8.91. The average molecular weight is 515 g/mol. The zero-order chi connectivity index (χ0) is 26.7. The van der Waals surface area contributed by atoms with Crippen molar-refractivity contribution in [2.75, 3.05) is 25.1 Å². The number of aliphatic carboxylic acids is 1. The van der Waals surface area contributed by atoms with Crippen molar-refractivity contribution in [3.63, 3.8) is 0 Å². The second-order valence-electron chi connectivity index (χ2n) is 8.91. The molecule has 0 saturated carbocycles. The molecule has 3 rings (SSSR count). The Bertz CT molecular complexity index is 1100. The van der Waals surface area contributed by atoms with Crippen LogP contribution in [0.25, 0.3) is 11.1 Å². The Kier molecular flexibility index (Phi) is 10.5. The highest BCUT2D eigenvalue weighted by atomic mass is 19.4. The van der Waals surface area contributed by atoms with E-state index < -0.39 is 17.7 Å². The van der Waals surface area contributed by atoms with Crippen LogP contribution in [0.2, 0.25) is 0 Å². The van der Waals surface area contributed by atoms with Crippen LogP contribution in [0.5, 0.6) is 0 Å². The molecule has 0 saturated heterocycles. The van der Waals surface area contributed by atoms with Crippen LogP contribution in [0.4, 0.5) is 18.9 Å². The summed E-state index contributed by atoms with van der Waals surface area (Å²) in [7, 11) is 0. The van der Waals surface area contributed by atoms with E-state index in [0.717, 1.165) is 52.9 Å². The molecule has 0 fully saturated rings. The summed E-state index contributed by atoms with van der Waals surface area (Å²) >= 11 is 0. The van der Waals surface area contributed by atoms with Crippen molar-refractivity contribution in [1.82, 2.24) is 5.32 Å². The zero-order valence-electron chi connectivity index (χ0n) is 20.9. The molecule has 0 heterocycles. The van der Waals surface area contributed by atoms with Gasteiger partial charge in [0.25, 0.3) is 0 Å². The van der Waals surface area contributed by atoms with Gasteiger partial charge in [0.05, 0.1) is 24.6 Å². The van der Waals surface area contributed by atoms with Crippen LogP contribution in [0.1, 0.15) is 36.5 Å². The van der Waals surface area contributed by atoms with E-state index in [0.29, 0.717) is 26.3 Å². The molecular formula is C29H33F3N2O3. The number of rotatable bonds is 14. The lowest BCUT2D eigenvalue weighted by molar-refractivity contribution is -0.138. The van der Waals surface area contributed by atoms with Gasteiger partial charge in [-0.1, -0.05) is 55.5 Å². The van der Waals surface area contributed by atoms with E-state index in [-0.39, 0.29) is 12.5 Å². The van der Waals surface area contributed by atoms with Crippen molar-refractivity contribution in [3.05, 3.63) is 89.5 Å². The number of carboxylic acid groups (broad SMARTS) is 1. The zero-order valence-corrected chi connectivity index (χ0v) is 20.9. The van der Waals surface area contributed by atoms with Crippen molar-refractivity contribution in [2.24, 2.45) is 0 Å². The molecule has 0 unspecified atom stereocenters. The second kappa shape index (κ2) is 13.8. The highest BCUT2D eigenvalue weighted by molar-refractivity contribution is 5.66. The summed E-state index contributed by atoms with van der Waals surface area (Å²) < 4.78 is 44.3. The van der Waals surface area contributed by atoms with Gasteiger partial charge in [-0.2, -0.15) is 13.2 Å². The van der Waals surface area contributed by atoms with Gasteiger partial charge in [0.15, 0.2) is 0 Å². The number of hydrogen-bond acceptors (Lipinski definition) is 4. The summed E-state index contributed by atoms with van der Waals surface area (Å²) in [6, 6.07) is 21.0. The number of nitrogens with one attached hydrogen (secondary N) is 2. The molecule has 3 aromatic carbocycles. The first-order valence-corrected chi connectivity index (χ1v) is 12.4. The van der Waals surface area contributed by atoms with E-state index in [9.17, 15) is 18.0 Å². The van der Waals surface area contributed by atoms with Crippen molar-refractivity contribution >= 4 is 11.7 Å². The van der Waals surface area contributed by atoms with Gasteiger partial charge in [-0.05, 0) is 59.4 Å². The first-order valence-electron chi connectivity index (χ1n) is 12.4. The standard InChI is InChI=1S/C29H33F3N2O3/c1-2-17-37-20-27(34-26-13-5-22(6-14-26)19-33-16-15-28(35)36)18-21-3-7-23(8-4-21)24-9-11-25(12-10-24)29(30,31)32/h3-14,27,33-34H,2,15-20H2,1H3,(H,35,36)/t27-/m0/s1. The minimum Gasteiger partial charge on any atom is -0.481 e. The molecule has 1 atom stereocenters. The largest absolute Gasteiger partial charge is 0.481 e. The first-order chi connectivity index (χ1) is 17.7. The lowest BCUT2D eigenvalue weighted by Crippen LogP contribution is -2.28. The van der Waals surface area contributed by atoms with Gasteiger partial charge in [0.2, 0.25) is 0 Å². The Labute approximate surface area is 215 Å². The van der Waals surface area contributed by atoms with Gasteiger partial charge in [-0.25, -0.2) is 0 Å². The molecule has 0 spiro atoms. The Hall–Kier alpha value is -3.36. The maximum Gasteiger partial charge on any atom is 0.416 e. The van der Waals surface area contributed by atoms with Crippen LogP contribution in [0, 0.1) is 0 Å². The Morgan fingerprint density at radius 1 is 0.919 bits per heavy atom. The third-order valence-corrected chi connectivity index (χ3v) is 5.82. The smallest absolute Gasteiger partial charge is 0.416 e. The number of carboxylic acids is 1. The Balaban J connectivity index is 1.61. The van der Waals surface area contributed by atoms with Crippen molar-refractivity contribution in [3.8, 4) is 11.1 Å². The van der Waals surface area contributed by atoms with Gasteiger partial charge in [0, 0.05) is 25.4 Å². The molecule has 198 valence electrons. The van der Waals surface area contributed by atoms with Crippen molar-refractivity contribution < 1.29 is 27.8 Å². The van der Waals surface area contributed by atoms with Crippen LogP contribution in [-0.2, 0) is 28.7 Å². The fourth-order valence-corrected chi connectivity index (χ4v) is 3.87. The third kappa shape index (κ3) is 9.55. The van der Waals surface area contributed by atoms with E-state index in [1.807, 2.05) is 48.5 Å². The van der Waals surface area contributed by atoms with E-state index >= 15 is 0 Å². The summed E-state index contributed by atoms with van der Waals surface area (Å²) in [5.41, 5.74) is 4.05. The molecular weight excluding hydrogens is 481 g/mol. The lowest BCUT2D eigenvalue weighted by atomic mass is 9.99. The number of halogens is 3. The normalized spacial score (nSPS) is 12.3. The van der Waals surface area contributed by atoms with Gasteiger partial charge in [-0.15, -0.1) is 0 Å². The first kappa shape index (κ1) is 28.2. The molecule has 3 aromatic rings. The highest BCUT2D eigenvalue weighted by Crippen LogP contribution is 2.31. The third-order valence-electron chi connectivity index (χ3n) is 5.82. The number of anilines is 1. The van der Waals surface area contributed by atoms with Crippen molar-refractivity contribution in [1.29, 1.82) is 0 Å². The molecule has 0 aromatic heterocycles. The Morgan fingerprint density at radius 2 is 1.51 bits per heavy atom. The maximum atomic E-state index is 12.8. The molecule has 0 bridgehead atoms. The molecule has 37 heavy (non-hydrogen) atoms. The average Bonchev–Trinajstić information content (AvgIpc) is 2.87. The van der Waals surface area contributed by atoms with Gasteiger partial charge >= 0.3 is 12.1 Å². The quantitative estimate of drug-likeness (QED) is 0.218. The number of benzene rings is 3. The number of hydrogen-bond donors (Lipinski definition) is 3. The van der Waals surface area contributed by atoms with Crippen LogP contribution < -0.4 is 10.6 Å². The lowest BCUT2D eigenvalue weighted by Gasteiger charge is -2.21. The van der Waals surface area contributed by atoms with Crippen LogP contribution in [0.3, 0.4) is 0 Å². The van der Waals surface area contributed by atoms with Gasteiger partial charge in [-0.3, -0.25) is 4.79 Å². The molecule has 0 aliphatic heterocycles. The molecule has 8 heteroatoms. The summed E-state index contributed by atoms with van der Waals surface area (Å²) in [5.74, 6) is -0.822. The minimum atomic E-state index is -4.34. The van der Waals surface area contributed by atoms with Gasteiger partial charge < -0.3 is 20.5 Å². The molecule has 5 nitrogen and oxygen atoms in total. The van der Waals surface area contributed by atoms with E-state index in [4.69, 9.17) is 9.84 Å². The van der Waals surface area contributed by atoms with E-state index in [1.54, 1.807) is 0 Å². The number of carbonyl (C=O) groups is 1. The summed E-state index contributed by atoms with van der Waals surface area (Å²) in [6.45, 7) is 4.29. The maximum absolute atomic E-state index is 12.8. The summed E-state index contributed by atoms with van der Waals surface area (Å²) in [4.78, 5) is 10.6. The molecule has 0 amide bonds. The molecule has 3 N–H and O–H groups in total. The van der Waals surface area contributed by atoms with Gasteiger partial charge in [0.1, 0.15) is 0 Å². The van der Waals surface area contributed by atoms with Crippen LogP contribution in [0.15, 0.2) is 72.8 Å². The number of ether oxygens (including phenoxy) is 1. The topological polar surface area (TPSA) is 70.6 Å². The highest BCUT2D eigenvalue weighted by Gasteiger charge is 2.29. The Morgan fingerprint density at radius 3 is 2.08 bits per heavy atom.